The van der Waals surface area contributed by atoms with Crippen LogP contribution in [0.2, 0.25) is 0 Å². The lowest BCUT2D eigenvalue weighted by molar-refractivity contribution is -0.141. The van der Waals surface area contributed by atoms with Crippen LogP contribution in [-0.4, -0.2) is 47.6 Å². The van der Waals surface area contributed by atoms with Crippen LogP contribution in [0.1, 0.15) is 128 Å². The summed E-state index contributed by atoms with van der Waals surface area (Å²) in [5.74, 6) is -0.775. The quantitative estimate of drug-likeness (QED) is 0.139. The second-order valence-corrected chi connectivity index (χ2v) is 8.28. The average Bonchev–Trinajstić information content (AvgIpc) is 2.76. The zero-order valence-electron chi connectivity index (χ0n) is 20.1. The first kappa shape index (κ1) is 32.0. The van der Waals surface area contributed by atoms with E-state index in [1.165, 1.54) is 64.9 Å². The molecule has 0 unspecified atom stereocenters. The first-order valence-electron chi connectivity index (χ1n) is 12.6. The van der Waals surface area contributed by atoms with Gasteiger partial charge >= 0.3 is 11.9 Å². The summed E-state index contributed by atoms with van der Waals surface area (Å²) >= 11 is 0. The molecule has 0 aromatic rings. The number of aliphatic hydroxyl groups is 2. The third-order valence-electron chi connectivity index (χ3n) is 5.32. The molecule has 0 spiro atoms. The molecule has 3 N–H and O–H groups in total. The highest BCUT2D eigenvalue weighted by Crippen LogP contribution is 2.11. The SMILES string of the molecule is COC(=O)CCCCCCCCCCCO.O=C(O)CCCCCCCCCCCO. The van der Waals surface area contributed by atoms with Gasteiger partial charge in [-0.1, -0.05) is 89.9 Å². The number of unbranched alkanes of at least 4 members (excludes halogenated alkanes) is 16. The summed E-state index contributed by atoms with van der Waals surface area (Å²) in [6.07, 6.45) is 21.4. The van der Waals surface area contributed by atoms with E-state index in [-0.39, 0.29) is 5.97 Å². The summed E-state index contributed by atoms with van der Waals surface area (Å²) in [5, 5.41) is 25.6. The summed E-state index contributed by atoms with van der Waals surface area (Å²) in [6.45, 7) is 0.642. The Morgan fingerprint density at radius 1 is 0.516 bits per heavy atom. The van der Waals surface area contributed by atoms with E-state index < -0.39 is 5.97 Å². The molecule has 0 rings (SSSR count). The van der Waals surface area contributed by atoms with Gasteiger partial charge < -0.3 is 20.1 Å². The zero-order valence-corrected chi connectivity index (χ0v) is 20.1. The molecule has 0 aromatic heterocycles. The fourth-order valence-corrected chi connectivity index (χ4v) is 3.35. The molecule has 0 radical (unpaired) electrons. The van der Waals surface area contributed by atoms with E-state index in [1.807, 2.05) is 0 Å². The van der Waals surface area contributed by atoms with E-state index in [4.69, 9.17) is 15.3 Å². The highest BCUT2D eigenvalue weighted by Gasteiger charge is 1.99. The molecule has 0 saturated heterocycles. The third kappa shape index (κ3) is 33.7. The minimum atomic E-state index is -0.681. The van der Waals surface area contributed by atoms with Crippen molar-refractivity contribution in [2.75, 3.05) is 20.3 Å². The van der Waals surface area contributed by atoms with E-state index in [1.54, 1.807) is 0 Å². The highest BCUT2D eigenvalue weighted by molar-refractivity contribution is 5.69. The Hall–Kier alpha value is -1.14. The summed E-state index contributed by atoms with van der Waals surface area (Å²) < 4.78 is 4.57. The number of carboxylic acids is 1. The van der Waals surface area contributed by atoms with Gasteiger partial charge in [0.1, 0.15) is 0 Å². The van der Waals surface area contributed by atoms with Crippen molar-refractivity contribution < 1.29 is 29.6 Å². The standard InChI is InChI=1S/C13H26O3.C12H24O3/c1-16-13(15)11-9-7-5-3-2-4-6-8-10-12-14;13-11-9-7-5-3-1-2-4-6-8-10-12(14)15/h14H,2-12H2,1H3;13H,1-11H2,(H,14,15). The molecule has 0 aliphatic heterocycles. The summed E-state index contributed by atoms with van der Waals surface area (Å²) in [6, 6.07) is 0. The maximum absolute atomic E-state index is 10.8. The lowest BCUT2D eigenvalue weighted by atomic mass is 10.1. The number of aliphatic carboxylic acids is 1. The summed E-state index contributed by atoms with van der Waals surface area (Å²) in [4.78, 5) is 21.0. The third-order valence-corrected chi connectivity index (χ3v) is 5.32. The van der Waals surface area contributed by atoms with Crippen LogP contribution in [0.3, 0.4) is 0 Å². The molecule has 0 aliphatic carbocycles. The second kappa shape index (κ2) is 28.9. The van der Waals surface area contributed by atoms with E-state index in [9.17, 15) is 9.59 Å². The van der Waals surface area contributed by atoms with Gasteiger partial charge in [0, 0.05) is 26.1 Å². The van der Waals surface area contributed by atoms with Crippen molar-refractivity contribution in [3.63, 3.8) is 0 Å². The summed E-state index contributed by atoms with van der Waals surface area (Å²) in [5.41, 5.74) is 0. The van der Waals surface area contributed by atoms with Crippen molar-refractivity contribution >= 4 is 11.9 Å². The molecule has 0 heterocycles. The van der Waals surface area contributed by atoms with E-state index in [0.717, 1.165) is 57.8 Å². The number of aliphatic hydroxyl groups excluding tert-OH is 2. The number of hydrogen-bond acceptors (Lipinski definition) is 5. The van der Waals surface area contributed by atoms with Crippen LogP contribution in [0.5, 0.6) is 0 Å². The van der Waals surface area contributed by atoms with Gasteiger partial charge in [0.25, 0.3) is 0 Å². The van der Waals surface area contributed by atoms with E-state index >= 15 is 0 Å². The Kier molecular flexibility index (Phi) is 29.8. The molecule has 0 amide bonds. The van der Waals surface area contributed by atoms with Crippen molar-refractivity contribution in [3.8, 4) is 0 Å². The van der Waals surface area contributed by atoms with Gasteiger partial charge in [-0.2, -0.15) is 0 Å². The van der Waals surface area contributed by atoms with Gasteiger partial charge in [0.2, 0.25) is 0 Å². The molecule has 6 nitrogen and oxygen atoms in total. The van der Waals surface area contributed by atoms with Crippen molar-refractivity contribution in [1.82, 2.24) is 0 Å². The highest BCUT2D eigenvalue weighted by atomic mass is 16.5. The van der Waals surface area contributed by atoms with Crippen LogP contribution in [0, 0.1) is 0 Å². The van der Waals surface area contributed by atoms with Crippen LogP contribution < -0.4 is 0 Å². The van der Waals surface area contributed by atoms with Crippen LogP contribution >= 0.6 is 0 Å². The van der Waals surface area contributed by atoms with Crippen LogP contribution in [0.15, 0.2) is 0 Å². The minimum absolute atomic E-state index is 0.0935. The number of carbonyl (C=O) groups is 2. The first-order chi connectivity index (χ1) is 15.1. The molecular weight excluding hydrogens is 396 g/mol. The first-order valence-corrected chi connectivity index (χ1v) is 12.6. The largest absolute Gasteiger partial charge is 0.481 e. The number of esters is 1. The predicted molar refractivity (Wildman–Crippen MR) is 126 cm³/mol. The fourth-order valence-electron chi connectivity index (χ4n) is 3.35. The van der Waals surface area contributed by atoms with Crippen molar-refractivity contribution in [2.24, 2.45) is 0 Å². The Bertz CT molecular complexity index is 373. The number of carboxylic acid groups (broad SMARTS) is 1. The van der Waals surface area contributed by atoms with E-state index in [2.05, 4.69) is 4.74 Å². The van der Waals surface area contributed by atoms with Gasteiger partial charge in [0.15, 0.2) is 0 Å². The zero-order chi connectivity index (χ0) is 23.4. The van der Waals surface area contributed by atoms with Crippen LogP contribution in [0.4, 0.5) is 0 Å². The lowest BCUT2D eigenvalue weighted by Crippen LogP contribution is -1.99. The molecular formula is C25H50O6. The maximum Gasteiger partial charge on any atom is 0.305 e. The molecule has 0 saturated carbocycles. The molecule has 0 aromatic carbocycles. The Morgan fingerprint density at radius 3 is 1.10 bits per heavy atom. The average molecular weight is 447 g/mol. The molecule has 0 fully saturated rings. The molecule has 186 valence electrons. The normalized spacial score (nSPS) is 10.4. The second-order valence-electron chi connectivity index (χ2n) is 8.28. The van der Waals surface area contributed by atoms with Gasteiger partial charge in [-0.3, -0.25) is 9.59 Å². The van der Waals surface area contributed by atoms with Gasteiger partial charge in [-0.25, -0.2) is 0 Å². The van der Waals surface area contributed by atoms with Gasteiger partial charge in [-0.05, 0) is 25.7 Å². The van der Waals surface area contributed by atoms with Crippen LogP contribution in [0.25, 0.3) is 0 Å². The fraction of sp³-hybridized carbons (Fsp3) is 0.920. The Morgan fingerprint density at radius 2 is 0.806 bits per heavy atom. The molecule has 6 heteroatoms. The number of carbonyl (C=O) groups excluding carboxylic acids is 1. The Balaban J connectivity index is 0. The number of hydrogen-bond donors (Lipinski definition) is 3. The predicted octanol–water partition coefficient (Wildman–Crippen LogP) is 6.02. The van der Waals surface area contributed by atoms with Crippen LogP contribution in [-0.2, 0) is 14.3 Å². The topological polar surface area (TPSA) is 104 Å². The summed E-state index contributed by atoms with van der Waals surface area (Å²) in [7, 11) is 1.44. The van der Waals surface area contributed by atoms with Crippen molar-refractivity contribution in [1.29, 1.82) is 0 Å². The molecule has 0 atom stereocenters. The van der Waals surface area contributed by atoms with E-state index in [0.29, 0.717) is 26.1 Å². The maximum atomic E-state index is 10.8. The monoisotopic (exact) mass is 446 g/mol. The van der Waals surface area contributed by atoms with Crippen molar-refractivity contribution in [2.45, 2.75) is 128 Å². The molecule has 31 heavy (non-hydrogen) atoms. The number of ether oxygens (including phenoxy) is 1. The number of methoxy groups -OCH3 is 1. The number of rotatable bonds is 22. The molecule has 0 bridgehead atoms. The van der Waals surface area contributed by atoms with Crippen molar-refractivity contribution in [3.05, 3.63) is 0 Å². The minimum Gasteiger partial charge on any atom is -0.481 e. The Labute approximate surface area is 190 Å². The smallest absolute Gasteiger partial charge is 0.305 e. The molecule has 0 aliphatic rings. The lowest BCUT2D eigenvalue weighted by Gasteiger charge is -2.01. The van der Waals surface area contributed by atoms with Gasteiger partial charge in [-0.15, -0.1) is 0 Å². The van der Waals surface area contributed by atoms with Gasteiger partial charge in [0.05, 0.1) is 7.11 Å².